The Morgan fingerprint density at radius 1 is 1.10 bits per heavy atom. The molecule has 3 rings (SSSR count). The van der Waals surface area contributed by atoms with Gasteiger partial charge in [-0.1, -0.05) is 47.5 Å². The van der Waals surface area contributed by atoms with Crippen LogP contribution in [0.5, 0.6) is 11.5 Å². The zero-order chi connectivity index (χ0) is 21.5. The molecular weight excluding hydrogens is 423 g/mol. The fourth-order valence-electron chi connectivity index (χ4n) is 2.68. The number of carbonyl (C=O) groups excluding carboxylic acids is 1. The lowest BCUT2D eigenvalue weighted by atomic mass is 10.2. The molecule has 0 aliphatic rings. The minimum absolute atomic E-state index is 0.208. The first-order valence-corrected chi connectivity index (χ1v) is 9.87. The summed E-state index contributed by atoms with van der Waals surface area (Å²) in [5.74, 6) is 0.388. The van der Waals surface area contributed by atoms with E-state index in [1.807, 2.05) is 37.3 Å². The molecule has 0 aliphatic carbocycles. The van der Waals surface area contributed by atoms with Crippen LogP contribution in [0, 0.1) is 6.92 Å². The largest absolute Gasteiger partial charge is 0.493 e. The van der Waals surface area contributed by atoms with E-state index in [4.69, 9.17) is 32.7 Å². The Morgan fingerprint density at radius 3 is 2.60 bits per heavy atom. The molecule has 0 aliphatic heterocycles. The van der Waals surface area contributed by atoms with E-state index in [9.17, 15) is 4.79 Å². The van der Waals surface area contributed by atoms with Crippen molar-refractivity contribution in [3.8, 4) is 11.5 Å². The number of nitrogens with zero attached hydrogens (tertiary/aromatic N) is 1. The first-order chi connectivity index (χ1) is 14.5. The summed E-state index contributed by atoms with van der Waals surface area (Å²) in [5.41, 5.74) is 3.16. The van der Waals surface area contributed by atoms with Crippen LogP contribution in [0.2, 0.25) is 10.0 Å². The predicted molar refractivity (Wildman–Crippen MR) is 122 cm³/mol. The van der Waals surface area contributed by atoms with Gasteiger partial charge in [-0.05, 0) is 54.4 Å². The van der Waals surface area contributed by atoms with Gasteiger partial charge in [-0.15, -0.1) is 0 Å². The van der Waals surface area contributed by atoms with Gasteiger partial charge in [0, 0.05) is 16.9 Å². The molecule has 154 valence electrons. The Morgan fingerprint density at radius 2 is 1.87 bits per heavy atom. The molecule has 0 heterocycles. The number of halogens is 2. The molecule has 0 spiro atoms. The zero-order valence-corrected chi connectivity index (χ0v) is 18.0. The van der Waals surface area contributed by atoms with Crippen LogP contribution in [0.4, 0.5) is 11.4 Å². The first kappa shape index (κ1) is 21.7. The number of benzene rings is 3. The van der Waals surface area contributed by atoms with Gasteiger partial charge >= 0.3 is 0 Å². The van der Waals surface area contributed by atoms with Crippen molar-refractivity contribution < 1.29 is 14.3 Å². The van der Waals surface area contributed by atoms with Crippen molar-refractivity contribution in [1.82, 2.24) is 0 Å². The molecule has 0 radical (unpaired) electrons. The molecule has 0 aromatic heterocycles. The summed E-state index contributed by atoms with van der Waals surface area (Å²) < 4.78 is 11.0. The van der Waals surface area contributed by atoms with Gasteiger partial charge in [0.05, 0.1) is 17.8 Å². The second-order valence-corrected chi connectivity index (χ2v) is 7.27. The van der Waals surface area contributed by atoms with Crippen LogP contribution < -0.4 is 14.8 Å². The summed E-state index contributed by atoms with van der Waals surface area (Å²) in [6.45, 7) is 1.74. The Balaban J connectivity index is 1.73. The van der Waals surface area contributed by atoms with E-state index in [0.717, 1.165) is 16.8 Å². The van der Waals surface area contributed by atoms with Crippen LogP contribution in [-0.4, -0.2) is 25.8 Å². The highest BCUT2D eigenvalue weighted by Gasteiger charge is 2.14. The fourth-order valence-corrected chi connectivity index (χ4v) is 3.12. The molecule has 3 aromatic rings. The number of aryl methyl sites for hydroxylation is 1. The molecule has 1 amide bonds. The summed E-state index contributed by atoms with van der Waals surface area (Å²) in [5, 5.41) is 3.67. The smallest absolute Gasteiger partial charge is 0.262 e. The quantitative estimate of drug-likeness (QED) is 0.451. The number of hydrogen-bond donors (Lipinski definition) is 1. The number of ether oxygens (including phenoxy) is 2. The second kappa shape index (κ2) is 10.1. The van der Waals surface area contributed by atoms with E-state index < -0.39 is 0 Å². The standard InChI is InChI=1S/C23H20Cl2N2O3/c1-15-8-9-17(24)12-20(15)26-13-16-10-19(25)23(21(11-16)29-2)30-14-22(28)27-18-6-4-3-5-7-18/h3-13H,14H2,1-2H3,(H,27,28). The van der Waals surface area contributed by atoms with Crippen LogP contribution in [0.15, 0.2) is 65.7 Å². The molecule has 0 saturated carbocycles. The number of hydrogen-bond acceptors (Lipinski definition) is 4. The van der Waals surface area contributed by atoms with Gasteiger partial charge in [-0.2, -0.15) is 0 Å². The maximum Gasteiger partial charge on any atom is 0.262 e. The van der Waals surface area contributed by atoms with Crippen molar-refractivity contribution >= 4 is 46.7 Å². The number of amides is 1. The second-order valence-electron chi connectivity index (χ2n) is 6.43. The average Bonchev–Trinajstić information content (AvgIpc) is 2.74. The third-order valence-electron chi connectivity index (χ3n) is 4.18. The normalized spacial score (nSPS) is 10.8. The highest BCUT2D eigenvalue weighted by molar-refractivity contribution is 6.32. The topological polar surface area (TPSA) is 59.9 Å². The van der Waals surface area contributed by atoms with Crippen LogP contribution in [-0.2, 0) is 4.79 Å². The molecular formula is C23H20Cl2N2O3. The van der Waals surface area contributed by atoms with Gasteiger partial charge in [0.15, 0.2) is 18.1 Å². The predicted octanol–water partition coefficient (Wildman–Crippen LogP) is 6.08. The molecule has 30 heavy (non-hydrogen) atoms. The van der Waals surface area contributed by atoms with E-state index in [-0.39, 0.29) is 12.5 Å². The van der Waals surface area contributed by atoms with Crippen molar-refractivity contribution in [2.45, 2.75) is 6.92 Å². The molecule has 0 fully saturated rings. The molecule has 0 saturated heterocycles. The van der Waals surface area contributed by atoms with Crippen LogP contribution in [0.25, 0.3) is 0 Å². The summed E-state index contributed by atoms with van der Waals surface area (Å²) >= 11 is 12.4. The zero-order valence-electron chi connectivity index (χ0n) is 16.5. The molecule has 0 unspecified atom stereocenters. The maximum absolute atomic E-state index is 12.1. The molecule has 0 bridgehead atoms. The van der Waals surface area contributed by atoms with Crippen molar-refractivity contribution in [3.63, 3.8) is 0 Å². The molecule has 7 heteroatoms. The van der Waals surface area contributed by atoms with Gasteiger partial charge < -0.3 is 14.8 Å². The number of carbonyl (C=O) groups is 1. The number of para-hydroxylation sites is 1. The lowest BCUT2D eigenvalue weighted by Crippen LogP contribution is -2.20. The van der Waals surface area contributed by atoms with Gasteiger partial charge in [0.25, 0.3) is 5.91 Å². The van der Waals surface area contributed by atoms with E-state index in [0.29, 0.717) is 27.2 Å². The van der Waals surface area contributed by atoms with Crippen LogP contribution in [0.3, 0.4) is 0 Å². The fraction of sp³-hybridized carbons (Fsp3) is 0.130. The Labute approximate surface area is 185 Å². The van der Waals surface area contributed by atoms with Gasteiger partial charge in [0.2, 0.25) is 0 Å². The highest BCUT2D eigenvalue weighted by Crippen LogP contribution is 2.36. The Kier molecular flexibility index (Phi) is 7.33. The van der Waals surface area contributed by atoms with Crippen molar-refractivity contribution in [2.75, 3.05) is 19.0 Å². The van der Waals surface area contributed by atoms with Crippen molar-refractivity contribution in [2.24, 2.45) is 4.99 Å². The molecule has 5 nitrogen and oxygen atoms in total. The van der Waals surface area contributed by atoms with E-state index >= 15 is 0 Å². The number of aliphatic imine (C=N–C) groups is 1. The lowest BCUT2D eigenvalue weighted by molar-refractivity contribution is -0.118. The highest BCUT2D eigenvalue weighted by atomic mass is 35.5. The van der Waals surface area contributed by atoms with Gasteiger partial charge in [0.1, 0.15) is 0 Å². The van der Waals surface area contributed by atoms with Crippen molar-refractivity contribution in [3.05, 3.63) is 81.8 Å². The van der Waals surface area contributed by atoms with Crippen LogP contribution in [0.1, 0.15) is 11.1 Å². The third kappa shape index (κ3) is 5.75. The van der Waals surface area contributed by atoms with E-state index in [1.165, 1.54) is 7.11 Å². The summed E-state index contributed by atoms with van der Waals surface area (Å²) in [6, 6.07) is 18.1. The van der Waals surface area contributed by atoms with Crippen molar-refractivity contribution in [1.29, 1.82) is 0 Å². The number of rotatable bonds is 7. The Bertz CT molecular complexity index is 1070. The number of methoxy groups -OCH3 is 1. The third-order valence-corrected chi connectivity index (χ3v) is 4.70. The minimum Gasteiger partial charge on any atom is -0.493 e. The molecule has 0 atom stereocenters. The lowest BCUT2D eigenvalue weighted by Gasteiger charge is -2.13. The van der Waals surface area contributed by atoms with Gasteiger partial charge in [-0.25, -0.2) is 0 Å². The number of nitrogens with one attached hydrogen (secondary N) is 1. The van der Waals surface area contributed by atoms with Gasteiger partial charge in [-0.3, -0.25) is 9.79 Å². The van der Waals surface area contributed by atoms with E-state index in [1.54, 1.807) is 36.5 Å². The summed E-state index contributed by atoms with van der Waals surface area (Å²) in [6.07, 6.45) is 1.67. The average molecular weight is 443 g/mol. The van der Waals surface area contributed by atoms with E-state index in [2.05, 4.69) is 10.3 Å². The summed E-state index contributed by atoms with van der Waals surface area (Å²) in [7, 11) is 1.50. The molecule has 1 N–H and O–H groups in total. The first-order valence-electron chi connectivity index (χ1n) is 9.11. The Hall–Kier alpha value is -3.02. The van der Waals surface area contributed by atoms with Crippen LogP contribution >= 0.6 is 23.2 Å². The monoisotopic (exact) mass is 442 g/mol. The minimum atomic E-state index is -0.304. The number of anilines is 1. The molecule has 3 aromatic carbocycles. The summed E-state index contributed by atoms with van der Waals surface area (Å²) in [4.78, 5) is 16.6. The SMILES string of the molecule is COc1cc(C=Nc2cc(Cl)ccc2C)cc(Cl)c1OCC(=O)Nc1ccccc1. The maximum atomic E-state index is 12.1.